The fourth-order valence-electron chi connectivity index (χ4n) is 1.74. The van der Waals surface area contributed by atoms with Crippen molar-refractivity contribution in [1.82, 2.24) is 0 Å². The monoisotopic (exact) mass is 393 g/mol. The molecule has 0 radical (unpaired) electrons. The van der Waals surface area contributed by atoms with Gasteiger partial charge in [-0.3, -0.25) is 0 Å². The van der Waals surface area contributed by atoms with Crippen LogP contribution >= 0.6 is 31.9 Å². The Bertz CT molecular complexity index is 632. The highest BCUT2D eigenvalue weighted by molar-refractivity contribution is 9.10. The van der Waals surface area contributed by atoms with Crippen molar-refractivity contribution in [2.45, 2.75) is 6.04 Å². The van der Waals surface area contributed by atoms with Crippen molar-refractivity contribution in [2.24, 2.45) is 5.73 Å². The van der Waals surface area contributed by atoms with E-state index in [1.165, 1.54) is 24.3 Å². The first-order chi connectivity index (χ1) is 8.91. The molecule has 1 atom stereocenters. The average Bonchev–Trinajstić information content (AvgIpc) is 2.37. The molecule has 0 saturated heterocycles. The first-order valence-electron chi connectivity index (χ1n) is 5.25. The lowest BCUT2D eigenvalue weighted by Crippen LogP contribution is -2.17. The van der Waals surface area contributed by atoms with E-state index in [-0.39, 0.29) is 15.6 Å². The van der Waals surface area contributed by atoms with Crippen LogP contribution in [0, 0.1) is 17.5 Å². The van der Waals surface area contributed by atoms with Gasteiger partial charge in [0.1, 0.15) is 17.5 Å². The van der Waals surface area contributed by atoms with Gasteiger partial charge in [0.05, 0.1) is 10.5 Å². The molecule has 0 aliphatic rings. The van der Waals surface area contributed by atoms with E-state index >= 15 is 0 Å². The molecule has 100 valence electrons. The van der Waals surface area contributed by atoms with Crippen LogP contribution in [0.5, 0.6) is 0 Å². The van der Waals surface area contributed by atoms with Crippen molar-refractivity contribution in [2.75, 3.05) is 0 Å². The lowest BCUT2D eigenvalue weighted by Gasteiger charge is -2.16. The lowest BCUT2D eigenvalue weighted by molar-refractivity contribution is 0.529. The molecule has 1 unspecified atom stereocenters. The van der Waals surface area contributed by atoms with Crippen LogP contribution in [-0.2, 0) is 0 Å². The quantitative estimate of drug-likeness (QED) is 0.735. The van der Waals surface area contributed by atoms with Crippen LogP contribution in [0.4, 0.5) is 13.2 Å². The molecule has 2 aromatic carbocycles. The second kappa shape index (κ2) is 5.64. The minimum Gasteiger partial charge on any atom is -0.320 e. The summed E-state index contributed by atoms with van der Waals surface area (Å²) in [5.41, 5.74) is 5.44. The Balaban J connectivity index is 2.59. The third-order valence-corrected chi connectivity index (χ3v) is 3.79. The Morgan fingerprint density at radius 3 is 2.26 bits per heavy atom. The summed E-state index contributed by atoms with van der Waals surface area (Å²) in [7, 11) is 0. The number of hydrogen-bond acceptors (Lipinski definition) is 1. The van der Waals surface area contributed by atoms with E-state index in [1.807, 2.05) is 0 Å². The smallest absolute Gasteiger partial charge is 0.145 e. The minimum absolute atomic E-state index is 0.0188. The van der Waals surface area contributed by atoms with Crippen LogP contribution in [0.25, 0.3) is 0 Å². The summed E-state index contributed by atoms with van der Waals surface area (Å²) in [6.07, 6.45) is 0. The maximum absolute atomic E-state index is 13.9. The molecule has 0 fully saturated rings. The van der Waals surface area contributed by atoms with E-state index in [1.54, 1.807) is 0 Å². The molecule has 19 heavy (non-hydrogen) atoms. The van der Waals surface area contributed by atoms with Crippen LogP contribution in [0.3, 0.4) is 0 Å². The summed E-state index contributed by atoms with van der Waals surface area (Å²) in [5.74, 6) is -2.26. The van der Waals surface area contributed by atoms with Crippen molar-refractivity contribution >= 4 is 31.9 Å². The van der Waals surface area contributed by atoms with E-state index in [4.69, 9.17) is 5.73 Å². The number of halogens is 5. The predicted molar refractivity (Wildman–Crippen MR) is 74.2 cm³/mol. The van der Waals surface area contributed by atoms with E-state index < -0.39 is 23.5 Å². The molecule has 2 aromatic rings. The molecule has 2 rings (SSSR count). The molecular formula is C13H8Br2F3N. The third-order valence-electron chi connectivity index (χ3n) is 2.68. The number of benzene rings is 2. The summed E-state index contributed by atoms with van der Waals surface area (Å²) in [5, 5.41) is 0. The van der Waals surface area contributed by atoms with Crippen LogP contribution in [0.2, 0.25) is 0 Å². The molecule has 1 nitrogen and oxygen atoms in total. The first kappa shape index (κ1) is 14.6. The minimum atomic E-state index is -1.23. The average molecular weight is 395 g/mol. The van der Waals surface area contributed by atoms with E-state index in [0.29, 0.717) is 4.47 Å². The van der Waals surface area contributed by atoms with Gasteiger partial charge in [-0.15, -0.1) is 0 Å². The molecule has 0 aromatic heterocycles. The first-order valence-corrected chi connectivity index (χ1v) is 6.84. The standard InChI is InChI=1S/C13H8Br2F3N/c14-6-1-3-9(16)7(5-6)13(19)11-10(17)4-2-8(15)12(11)18/h1-5,13H,19H2. The summed E-state index contributed by atoms with van der Waals surface area (Å²) in [6.45, 7) is 0. The molecule has 0 amide bonds. The molecular weight excluding hydrogens is 387 g/mol. The molecule has 0 saturated carbocycles. The maximum Gasteiger partial charge on any atom is 0.145 e. The highest BCUT2D eigenvalue weighted by Crippen LogP contribution is 2.31. The molecule has 2 N–H and O–H groups in total. The van der Waals surface area contributed by atoms with Gasteiger partial charge < -0.3 is 5.73 Å². The number of hydrogen-bond donors (Lipinski definition) is 1. The van der Waals surface area contributed by atoms with Gasteiger partial charge in [-0.2, -0.15) is 0 Å². The van der Waals surface area contributed by atoms with Gasteiger partial charge in [0.15, 0.2) is 0 Å². The highest BCUT2D eigenvalue weighted by atomic mass is 79.9. The largest absolute Gasteiger partial charge is 0.320 e. The van der Waals surface area contributed by atoms with E-state index in [9.17, 15) is 13.2 Å². The fraction of sp³-hybridized carbons (Fsp3) is 0.0769. The Hall–Kier alpha value is -0.850. The van der Waals surface area contributed by atoms with Crippen molar-refractivity contribution in [3.8, 4) is 0 Å². The van der Waals surface area contributed by atoms with E-state index in [0.717, 1.165) is 6.07 Å². The highest BCUT2D eigenvalue weighted by Gasteiger charge is 2.22. The summed E-state index contributed by atoms with van der Waals surface area (Å²) >= 11 is 6.12. The van der Waals surface area contributed by atoms with Crippen LogP contribution in [0.15, 0.2) is 39.3 Å². The maximum atomic E-state index is 13.9. The van der Waals surface area contributed by atoms with Gasteiger partial charge in [-0.1, -0.05) is 15.9 Å². The fourth-order valence-corrected chi connectivity index (χ4v) is 2.46. The summed E-state index contributed by atoms with van der Waals surface area (Å²) < 4.78 is 42.0. The summed E-state index contributed by atoms with van der Waals surface area (Å²) in [6, 6.07) is 5.16. The number of rotatable bonds is 2. The molecule has 0 aliphatic carbocycles. The van der Waals surface area contributed by atoms with Crippen LogP contribution in [-0.4, -0.2) is 0 Å². The molecule has 0 spiro atoms. The zero-order valence-electron chi connectivity index (χ0n) is 9.43. The van der Waals surface area contributed by atoms with Gasteiger partial charge in [-0.05, 0) is 46.3 Å². The van der Waals surface area contributed by atoms with Crippen molar-refractivity contribution in [3.05, 3.63) is 67.9 Å². The van der Waals surface area contributed by atoms with Crippen molar-refractivity contribution in [3.63, 3.8) is 0 Å². The Morgan fingerprint density at radius 2 is 1.58 bits per heavy atom. The predicted octanol–water partition coefficient (Wildman–Crippen LogP) is 4.68. The van der Waals surface area contributed by atoms with Gasteiger partial charge in [-0.25, -0.2) is 13.2 Å². The third kappa shape index (κ3) is 2.85. The van der Waals surface area contributed by atoms with E-state index in [2.05, 4.69) is 31.9 Å². The second-order valence-corrected chi connectivity index (χ2v) is 5.67. The van der Waals surface area contributed by atoms with Gasteiger partial charge in [0.25, 0.3) is 0 Å². The van der Waals surface area contributed by atoms with Crippen molar-refractivity contribution < 1.29 is 13.2 Å². The second-order valence-electron chi connectivity index (χ2n) is 3.90. The Labute approximate surface area is 124 Å². The van der Waals surface area contributed by atoms with Gasteiger partial charge in [0.2, 0.25) is 0 Å². The molecule has 0 heterocycles. The zero-order valence-corrected chi connectivity index (χ0v) is 12.6. The molecule has 6 heteroatoms. The number of nitrogens with two attached hydrogens (primary N) is 1. The van der Waals surface area contributed by atoms with Crippen molar-refractivity contribution in [1.29, 1.82) is 0 Å². The Kier molecular flexibility index (Phi) is 4.32. The summed E-state index contributed by atoms with van der Waals surface area (Å²) in [4.78, 5) is 0. The molecule has 0 bridgehead atoms. The van der Waals surface area contributed by atoms with Crippen LogP contribution < -0.4 is 5.73 Å². The van der Waals surface area contributed by atoms with Gasteiger partial charge in [0, 0.05) is 15.6 Å². The van der Waals surface area contributed by atoms with Gasteiger partial charge >= 0.3 is 0 Å². The lowest BCUT2D eigenvalue weighted by atomic mass is 9.98. The zero-order chi connectivity index (χ0) is 14.2. The SMILES string of the molecule is NC(c1cc(Br)ccc1F)c1c(F)ccc(Br)c1F. The van der Waals surface area contributed by atoms with Crippen LogP contribution in [0.1, 0.15) is 17.2 Å². The normalized spacial score (nSPS) is 12.5. The Morgan fingerprint density at radius 1 is 0.947 bits per heavy atom. The topological polar surface area (TPSA) is 26.0 Å². The molecule has 0 aliphatic heterocycles.